The maximum Gasteiger partial charge on any atom is 0.168 e. The van der Waals surface area contributed by atoms with Crippen molar-refractivity contribution in [3.8, 4) is 5.75 Å². The third-order valence-corrected chi connectivity index (χ3v) is 2.98. The monoisotopic (exact) mass is 255 g/mol. The van der Waals surface area contributed by atoms with E-state index in [1.54, 1.807) is 6.07 Å². The SMILES string of the molecule is CCC(CN(C)C)C(=O)c1ccc(O)cc1Cl. The molecule has 1 rings (SSSR count). The van der Waals surface area contributed by atoms with Crippen LogP contribution in [0, 0.1) is 5.92 Å². The highest BCUT2D eigenvalue weighted by molar-refractivity contribution is 6.34. The second-order valence-corrected chi connectivity index (χ2v) is 4.80. The van der Waals surface area contributed by atoms with Gasteiger partial charge in [-0.25, -0.2) is 0 Å². The van der Waals surface area contributed by atoms with Crippen LogP contribution in [0.4, 0.5) is 0 Å². The molecule has 0 heterocycles. The van der Waals surface area contributed by atoms with E-state index in [9.17, 15) is 9.90 Å². The second kappa shape index (κ2) is 6.03. The van der Waals surface area contributed by atoms with E-state index in [4.69, 9.17) is 11.6 Å². The molecule has 0 aliphatic rings. The topological polar surface area (TPSA) is 40.5 Å². The Labute approximate surface area is 107 Å². The molecule has 94 valence electrons. The molecule has 1 atom stereocenters. The van der Waals surface area contributed by atoms with Gasteiger partial charge in [0, 0.05) is 18.0 Å². The summed E-state index contributed by atoms with van der Waals surface area (Å²) in [4.78, 5) is 14.2. The lowest BCUT2D eigenvalue weighted by Crippen LogP contribution is -2.27. The van der Waals surface area contributed by atoms with Crippen LogP contribution >= 0.6 is 11.6 Å². The zero-order valence-electron chi connectivity index (χ0n) is 10.4. The lowest BCUT2D eigenvalue weighted by molar-refractivity contribution is 0.0894. The molecule has 1 aromatic rings. The standard InChI is InChI=1S/C13H18ClNO2/c1-4-9(8-15(2)3)13(17)11-6-5-10(16)7-12(11)14/h5-7,9,16H,4,8H2,1-3H3. The van der Waals surface area contributed by atoms with Crippen LogP contribution in [-0.2, 0) is 0 Å². The van der Waals surface area contributed by atoms with Crippen LogP contribution < -0.4 is 0 Å². The van der Waals surface area contributed by atoms with Gasteiger partial charge in [0.2, 0.25) is 0 Å². The first-order valence-corrected chi connectivity index (χ1v) is 6.01. The first-order valence-electron chi connectivity index (χ1n) is 5.63. The fourth-order valence-electron chi connectivity index (χ4n) is 1.76. The molecule has 3 nitrogen and oxygen atoms in total. The van der Waals surface area contributed by atoms with E-state index in [0.29, 0.717) is 17.1 Å². The lowest BCUT2D eigenvalue weighted by atomic mass is 9.95. The average Bonchev–Trinajstić information content (AvgIpc) is 2.24. The Balaban J connectivity index is 2.93. The van der Waals surface area contributed by atoms with E-state index in [-0.39, 0.29) is 17.5 Å². The molecule has 0 spiro atoms. The van der Waals surface area contributed by atoms with Crippen molar-refractivity contribution in [2.24, 2.45) is 5.92 Å². The third-order valence-electron chi connectivity index (χ3n) is 2.67. The van der Waals surface area contributed by atoms with E-state index in [2.05, 4.69) is 0 Å². The van der Waals surface area contributed by atoms with Gasteiger partial charge in [-0.3, -0.25) is 4.79 Å². The van der Waals surface area contributed by atoms with Gasteiger partial charge in [-0.15, -0.1) is 0 Å². The molecule has 1 unspecified atom stereocenters. The number of rotatable bonds is 5. The van der Waals surface area contributed by atoms with E-state index < -0.39 is 0 Å². The Bertz CT molecular complexity index is 404. The van der Waals surface area contributed by atoms with Crippen molar-refractivity contribution in [3.05, 3.63) is 28.8 Å². The van der Waals surface area contributed by atoms with Crippen molar-refractivity contribution in [2.75, 3.05) is 20.6 Å². The second-order valence-electron chi connectivity index (χ2n) is 4.40. The number of ketones is 1. The summed E-state index contributed by atoms with van der Waals surface area (Å²) in [6.45, 7) is 2.69. The summed E-state index contributed by atoms with van der Waals surface area (Å²) in [6.07, 6.45) is 0.772. The Morgan fingerprint density at radius 1 is 1.47 bits per heavy atom. The number of phenolic OH excluding ortho intramolecular Hbond substituents is 1. The summed E-state index contributed by atoms with van der Waals surface area (Å²) in [6, 6.07) is 4.47. The molecule has 0 amide bonds. The minimum absolute atomic E-state index is 0.0335. The normalized spacial score (nSPS) is 12.8. The molecule has 0 fully saturated rings. The number of carbonyl (C=O) groups is 1. The molecule has 0 saturated carbocycles. The molecule has 0 radical (unpaired) electrons. The maximum atomic E-state index is 12.3. The summed E-state index contributed by atoms with van der Waals surface area (Å²) in [5.41, 5.74) is 0.484. The van der Waals surface area contributed by atoms with Gasteiger partial charge in [0.1, 0.15) is 5.75 Å². The lowest BCUT2D eigenvalue weighted by Gasteiger charge is -2.19. The number of aromatic hydroxyl groups is 1. The highest BCUT2D eigenvalue weighted by atomic mass is 35.5. The van der Waals surface area contributed by atoms with E-state index in [0.717, 1.165) is 6.42 Å². The van der Waals surface area contributed by atoms with E-state index in [1.807, 2.05) is 25.9 Å². The van der Waals surface area contributed by atoms with Gasteiger partial charge in [0.25, 0.3) is 0 Å². The average molecular weight is 256 g/mol. The summed E-state index contributed by atoms with van der Waals surface area (Å²) in [7, 11) is 3.88. The molecular weight excluding hydrogens is 238 g/mol. The van der Waals surface area contributed by atoms with Crippen molar-refractivity contribution < 1.29 is 9.90 Å². The minimum atomic E-state index is -0.0629. The van der Waals surface area contributed by atoms with Crippen molar-refractivity contribution in [1.82, 2.24) is 4.90 Å². The fourth-order valence-corrected chi connectivity index (χ4v) is 2.03. The zero-order chi connectivity index (χ0) is 13.0. The van der Waals surface area contributed by atoms with Crippen molar-refractivity contribution in [1.29, 1.82) is 0 Å². The summed E-state index contributed by atoms with van der Waals surface area (Å²) >= 11 is 5.97. The number of hydrogen-bond acceptors (Lipinski definition) is 3. The van der Waals surface area contributed by atoms with Crippen LogP contribution in [0.5, 0.6) is 5.75 Å². The summed E-state index contributed by atoms with van der Waals surface area (Å²) in [5.74, 6) is 0.0467. The molecule has 0 aliphatic carbocycles. The van der Waals surface area contributed by atoms with E-state index >= 15 is 0 Å². The third kappa shape index (κ3) is 3.72. The fraction of sp³-hybridized carbons (Fsp3) is 0.462. The van der Waals surface area contributed by atoms with Gasteiger partial charge in [-0.05, 0) is 38.7 Å². The van der Waals surface area contributed by atoms with Gasteiger partial charge in [-0.2, -0.15) is 0 Å². The number of Topliss-reactive ketones (excluding diaryl/α,β-unsaturated/α-hetero) is 1. The molecule has 0 bridgehead atoms. The molecule has 1 N–H and O–H groups in total. The van der Waals surface area contributed by atoms with Crippen LogP contribution in [-0.4, -0.2) is 36.4 Å². The number of nitrogens with zero attached hydrogens (tertiary/aromatic N) is 1. The molecule has 0 saturated heterocycles. The van der Waals surface area contributed by atoms with E-state index in [1.165, 1.54) is 12.1 Å². The minimum Gasteiger partial charge on any atom is -0.508 e. The van der Waals surface area contributed by atoms with Crippen LogP contribution in [0.3, 0.4) is 0 Å². The van der Waals surface area contributed by atoms with Gasteiger partial charge in [0.15, 0.2) is 5.78 Å². The van der Waals surface area contributed by atoms with Crippen LogP contribution in [0.15, 0.2) is 18.2 Å². The molecule has 17 heavy (non-hydrogen) atoms. The molecule has 0 aromatic heterocycles. The predicted octanol–water partition coefficient (Wildman–Crippen LogP) is 2.82. The van der Waals surface area contributed by atoms with Gasteiger partial charge in [-0.1, -0.05) is 18.5 Å². The molecular formula is C13H18ClNO2. The largest absolute Gasteiger partial charge is 0.508 e. The number of hydrogen-bond donors (Lipinski definition) is 1. The smallest absolute Gasteiger partial charge is 0.168 e. The van der Waals surface area contributed by atoms with Gasteiger partial charge in [0.05, 0.1) is 5.02 Å². The van der Waals surface area contributed by atoms with Crippen LogP contribution in [0.1, 0.15) is 23.7 Å². The quantitative estimate of drug-likeness (QED) is 0.823. The van der Waals surface area contributed by atoms with Crippen LogP contribution in [0.2, 0.25) is 5.02 Å². The van der Waals surface area contributed by atoms with Crippen molar-refractivity contribution in [2.45, 2.75) is 13.3 Å². The maximum absolute atomic E-state index is 12.3. The predicted molar refractivity (Wildman–Crippen MR) is 69.8 cm³/mol. The molecule has 0 aliphatic heterocycles. The Morgan fingerprint density at radius 2 is 2.12 bits per heavy atom. The Morgan fingerprint density at radius 3 is 2.59 bits per heavy atom. The Hall–Kier alpha value is -1.06. The highest BCUT2D eigenvalue weighted by Gasteiger charge is 2.21. The zero-order valence-corrected chi connectivity index (χ0v) is 11.2. The number of halogens is 1. The first kappa shape index (κ1) is 14.0. The first-order chi connectivity index (χ1) is 7.95. The highest BCUT2D eigenvalue weighted by Crippen LogP contribution is 2.25. The number of benzene rings is 1. The van der Waals surface area contributed by atoms with Gasteiger partial charge < -0.3 is 10.0 Å². The van der Waals surface area contributed by atoms with Gasteiger partial charge >= 0.3 is 0 Å². The molecule has 1 aromatic carbocycles. The van der Waals surface area contributed by atoms with Crippen molar-refractivity contribution in [3.63, 3.8) is 0 Å². The van der Waals surface area contributed by atoms with Crippen LogP contribution in [0.25, 0.3) is 0 Å². The molecule has 4 heteroatoms. The summed E-state index contributed by atoms with van der Waals surface area (Å²) in [5, 5.41) is 9.57. The van der Waals surface area contributed by atoms with Crippen molar-refractivity contribution >= 4 is 17.4 Å². The Kier molecular flexibility index (Phi) is 4.97. The number of carbonyl (C=O) groups excluding carboxylic acids is 1. The summed E-state index contributed by atoms with van der Waals surface area (Å²) < 4.78 is 0. The number of phenols is 1.